The van der Waals surface area contributed by atoms with Crippen LogP contribution in [0.2, 0.25) is 0 Å². The maximum Gasteiger partial charge on any atom is 0.249 e. The summed E-state index contributed by atoms with van der Waals surface area (Å²) in [6, 6.07) is 8.54. The Balaban J connectivity index is 1.92. The van der Waals surface area contributed by atoms with E-state index in [0.29, 0.717) is 0 Å². The zero-order valence-electron chi connectivity index (χ0n) is 16.9. The van der Waals surface area contributed by atoms with Crippen LogP contribution >= 0.6 is 0 Å². The van der Waals surface area contributed by atoms with E-state index in [9.17, 15) is 14.7 Å². The predicted molar refractivity (Wildman–Crippen MR) is 109 cm³/mol. The van der Waals surface area contributed by atoms with Gasteiger partial charge in [0.05, 0.1) is 18.1 Å². The number of benzene rings is 1. The number of aliphatic hydroxyl groups is 1. The quantitative estimate of drug-likeness (QED) is 0.532. The molecule has 2 aliphatic rings. The molecule has 6 nitrogen and oxygen atoms in total. The first-order chi connectivity index (χ1) is 13.5. The van der Waals surface area contributed by atoms with Crippen LogP contribution in [0.25, 0.3) is 0 Å². The van der Waals surface area contributed by atoms with Crippen molar-refractivity contribution < 1.29 is 14.7 Å². The van der Waals surface area contributed by atoms with Gasteiger partial charge >= 0.3 is 0 Å². The summed E-state index contributed by atoms with van der Waals surface area (Å²) in [4.78, 5) is 26.5. The molecule has 2 amide bonds. The Labute approximate surface area is 167 Å². The maximum atomic E-state index is 12.8. The van der Waals surface area contributed by atoms with Gasteiger partial charge in [-0.25, -0.2) is 5.01 Å². The van der Waals surface area contributed by atoms with Crippen molar-refractivity contribution in [3.8, 4) is 0 Å². The molecule has 1 saturated heterocycles. The number of anilines is 1. The molecule has 5 unspecified atom stereocenters. The minimum absolute atomic E-state index is 0.135. The van der Waals surface area contributed by atoms with Crippen LogP contribution in [-0.4, -0.2) is 52.1 Å². The Hall–Kier alpha value is -2.18. The number of imide groups is 1. The van der Waals surface area contributed by atoms with Crippen molar-refractivity contribution in [1.82, 2.24) is 9.91 Å². The van der Waals surface area contributed by atoms with Crippen molar-refractivity contribution in [3.05, 3.63) is 42.5 Å². The van der Waals surface area contributed by atoms with Crippen LogP contribution in [0.1, 0.15) is 39.5 Å². The van der Waals surface area contributed by atoms with Crippen molar-refractivity contribution in [2.75, 3.05) is 12.5 Å². The van der Waals surface area contributed by atoms with Gasteiger partial charge in [-0.15, -0.1) is 0 Å². The number of carbonyl (C=O) groups excluding carboxylic acids is 2. The molecule has 0 saturated carbocycles. The molecule has 0 spiro atoms. The van der Waals surface area contributed by atoms with Crippen molar-refractivity contribution in [2.24, 2.45) is 11.8 Å². The minimum atomic E-state index is -0.647. The molecule has 2 heterocycles. The predicted octanol–water partition coefficient (Wildman–Crippen LogP) is 2.81. The highest BCUT2D eigenvalue weighted by Gasteiger charge is 2.52. The first-order valence-electron chi connectivity index (χ1n) is 10.3. The molecule has 152 valence electrons. The fraction of sp³-hybridized carbons (Fsp3) is 0.545. The number of para-hydroxylation sites is 1. The van der Waals surface area contributed by atoms with Gasteiger partial charge in [-0.1, -0.05) is 63.5 Å². The molecular weight excluding hydrogens is 354 g/mol. The van der Waals surface area contributed by atoms with Crippen LogP contribution in [0.5, 0.6) is 0 Å². The summed E-state index contributed by atoms with van der Waals surface area (Å²) in [6.45, 7) is 4.23. The van der Waals surface area contributed by atoms with E-state index in [2.05, 4.69) is 19.3 Å². The minimum Gasteiger partial charge on any atom is -0.391 e. The Kier molecular flexibility index (Phi) is 6.52. The van der Waals surface area contributed by atoms with E-state index in [1.165, 1.54) is 11.9 Å². The van der Waals surface area contributed by atoms with Gasteiger partial charge in [-0.2, -0.15) is 0 Å². The monoisotopic (exact) mass is 385 g/mol. The van der Waals surface area contributed by atoms with Crippen LogP contribution in [0.15, 0.2) is 42.5 Å². The number of likely N-dealkylation sites (N-methyl/N-ethyl adjacent to an activating group) is 1. The number of nitrogens with one attached hydrogen (secondary N) is 1. The summed E-state index contributed by atoms with van der Waals surface area (Å²) >= 11 is 0. The van der Waals surface area contributed by atoms with Crippen LogP contribution in [0.4, 0.5) is 5.69 Å². The van der Waals surface area contributed by atoms with Crippen LogP contribution in [0, 0.1) is 11.8 Å². The molecule has 5 atom stereocenters. The number of hydrazine groups is 1. The fourth-order valence-electron chi connectivity index (χ4n) is 4.26. The Morgan fingerprint density at radius 3 is 2.46 bits per heavy atom. The van der Waals surface area contributed by atoms with E-state index < -0.39 is 18.1 Å². The highest BCUT2D eigenvalue weighted by Crippen LogP contribution is 2.34. The van der Waals surface area contributed by atoms with Crippen LogP contribution in [0.3, 0.4) is 0 Å². The summed E-state index contributed by atoms with van der Waals surface area (Å²) < 4.78 is 0. The Morgan fingerprint density at radius 2 is 1.82 bits per heavy atom. The second kappa shape index (κ2) is 8.88. The van der Waals surface area contributed by atoms with E-state index in [1.807, 2.05) is 36.4 Å². The second-order valence-corrected chi connectivity index (χ2v) is 7.77. The third-order valence-corrected chi connectivity index (χ3v) is 5.99. The lowest BCUT2D eigenvalue weighted by molar-refractivity contribution is -0.138. The van der Waals surface area contributed by atoms with Crippen molar-refractivity contribution >= 4 is 17.5 Å². The zero-order valence-corrected chi connectivity index (χ0v) is 16.9. The lowest BCUT2D eigenvalue weighted by Gasteiger charge is -2.42. The molecule has 1 aromatic rings. The highest BCUT2D eigenvalue weighted by atomic mass is 16.3. The average molecular weight is 386 g/mol. The molecule has 3 rings (SSSR count). The largest absolute Gasteiger partial charge is 0.391 e. The van der Waals surface area contributed by atoms with E-state index in [1.54, 1.807) is 11.1 Å². The molecule has 0 aliphatic carbocycles. The molecular formula is C22H31N3O3. The van der Waals surface area contributed by atoms with E-state index in [-0.39, 0.29) is 23.8 Å². The summed E-state index contributed by atoms with van der Waals surface area (Å²) in [5.41, 5.74) is 4.14. The van der Waals surface area contributed by atoms with Gasteiger partial charge in [0.15, 0.2) is 0 Å². The Bertz CT molecular complexity index is 721. The molecule has 0 aromatic heterocycles. The standard InChI is InChI=1S/C22H31N3O3/c1-4-6-10-15(5-2)20(26)18-14-13-17-19(22(28)24(3)21(17)27)25(18)23-16-11-8-7-9-12-16/h7-9,11-15,17-20,23,26H,4-6,10H2,1-3H3. The SMILES string of the molecule is CCCCC(CC)C(O)C1C=CC2C(=O)N(C)C(=O)C2N1Nc1ccccc1. The zero-order chi connectivity index (χ0) is 20.3. The number of nitrogens with zero attached hydrogens (tertiary/aromatic N) is 2. The normalized spacial score (nSPS) is 27.0. The number of likely N-dealkylation sites (tertiary alicyclic amines) is 1. The van der Waals surface area contributed by atoms with E-state index in [0.717, 1.165) is 31.4 Å². The fourth-order valence-corrected chi connectivity index (χ4v) is 4.26. The number of amides is 2. The van der Waals surface area contributed by atoms with E-state index in [4.69, 9.17) is 0 Å². The summed E-state index contributed by atoms with van der Waals surface area (Å²) in [7, 11) is 1.53. The van der Waals surface area contributed by atoms with Crippen molar-refractivity contribution in [2.45, 2.75) is 57.7 Å². The second-order valence-electron chi connectivity index (χ2n) is 7.77. The number of aliphatic hydroxyl groups excluding tert-OH is 1. The molecule has 2 N–H and O–H groups in total. The number of hydrogen-bond donors (Lipinski definition) is 2. The van der Waals surface area contributed by atoms with Gasteiger partial charge in [-0.05, 0) is 24.5 Å². The number of unbranched alkanes of at least 4 members (excludes halogenated alkanes) is 1. The summed E-state index contributed by atoms with van der Waals surface area (Å²) in [6.07, 6.45) is 7.02. The van der Waals surface area contributed by atoms with Gasteiger partial charge in [0.2, 0.25) is 11.8 Å². The highest BCUT2D eigenvalue weighted by molar-refractivity contribution is 6.08. The first kappa shape index (κ1) is 20.6. The first-order valence-corrected chi connectivity index (χ1v) is 10.3. The van der Waals surface area contributed by atoms with Gasteiger partial charge in [0, 0.05) is 12.7 Å². The van der Waals surface area contributed by atoms with Crippen LogP contribution < -0.4 is 5.43 Å². The third-order valence-electron chi connectivity index (χ3n) is 5.99. The molecule has 1 aromatic carbocycles. The molecule has 2 aliphatic heterocycles. The number of fused-ring (bicyclic) bond motifs is 1. The van der Waals surface area contributed by atoms with Gasteiger partial charge in [0.1, 0.15) is 6.04 Å². The van der Waals surface area contributed by atoms with Gasteiger partial charge < -0.3 is 10.5 Å². The summed E-state index contributed by atoms with van der Waals surface area (Å²) in [5.74, 6) is -0.817. The van der Waals surface area contributed by atoms with Gasteiger partial charge in [0.25, 0.3) is 0 Å². The molecule has 0 radical (unpaired) electrons. The van der Waals surface area contributed by atoms with E-state index >= 15 is 0 Å². The molecule has 28 heavy (non-hydrogen) atoms. The maximum absolute atomic E-state index is 12.8. The molecule has 6 heteroatoms. The van der Waals surface area contributed by atoms with Gasteiger partial charge in [-0.3, -0.25) is 14.5 Å². The smallest absolute Gasteiger partial charge is 0.249 e. The topological polar surface area (TPSA) is 72.9 Å². The Morgan fingerprint density at radius 1 is 1.11 bits per heavy atom. The molecule has 1 fully saturated rings. The van der Waals surface area contributed by atoms with Crippen LogP contribution in [-0.2, 0) is 9.59 Å². The lowest BCUT2D eigenvalue weighted by atomic mass is 9.85. The third kappa shape index (κ3) is 3.84. The lowest BCUT2D eigenvalue weighted by Crippen LogP contribution is -2.58. The number of hydrogen-bond acceptors (Lipinski definition) is 5. The molecule has 0 bridgehead atoms. The average Bonchev–Trinajstić information content (AvgIpc) is 2.94. The van der Waals surface area contributed by atoms with Crippen molar-refractivity contribution in [1.29, 1.82) is 0 Å². The number of carbonyl (C=O) groups is 2. The number of rotatable bonds is 8. The summed E-state index contributed by atoms with van der Waals surface area (Å²) in [5, 5.41) is 13.0. The van der Waals surface area contributed by atoms with Crippen molar-refractivity contribution in [3.63, 3.8) is 0 Å².